The van der Waals surface area contributed by atoms with Crippen LogP contribution in [0.1, 0.15) is 40.2 Å². The van der Waals surface area contributed by atoms with Crippen molar-refractivity contribution in [2.45, 2.75) is 37.4 Å². The molecule has 2 heterocycles. The molecule has 2 aromatic carbocycles. The van der Waals surface area contributed by atoms with Crippen LogP contribution in [0.15, 0.2) is 53.7 Å². The maximum absolute atomic E-state index is 13.0. The van der Waals surface area contributed by atoms with Gasteiger partial charge < -0.3 is 4.74 Å². The van der Waals surface area contributed by atoms with Gasteiger partial charge in [-0.05, 0) is 55.0 Å². The summed E-state index contributed by atoms with van der Waals surface area (Å²) in [7, 11) is 0. The Balaban J connectivity index is 1.34. The molecule has 3 aromatic rings. The number of ketones is 1. The minimum atomic E-state index is 0.140. The number of hydrogen-bond donors (Lipinski definition) is 0. The number of morpholine rings is 1. The van der Waals surface area contributed by atoms with Crippen molar-refractivity contribution in [1.29, 1.82) is 0 Å². The third-order valence-corrected chi connectivity index (χ3v) is 7.12. The minimum Gasteiger partial charge on any atom is -0.379 e. The number of carbonyl (C=O) groups excluding carboxylic acids is 1. The first kappa shape index (κ1) is 21.4. The number of ether oxygens (including phenoxy) is 1. The molecule has 0 spiro atoms. The number of hydrogen-bond acceptors (Lipinski definition) is 6. The Labute approximate surface area is 193 Å². The molecular weight excluding hydrogens is 420 g/mol. The summed E-state index contributed by atoms with van der Waals surface area (Å²) in [5, 5.41) is 9.71. The summed E-state index contributed by atoms with van der Waals surface area (Å²) >= 11 is 1.46. The van der Waals surface area contributed by atoms with Gasteiger partial charge in [0.2, 0.25) is 0 Å². The lowest BCUT2D eigenvalue weighted by Gasteiger charge is -2.26. The van der Waals surface area contributed by atoms with Gasteiger partial charge in [0.1, 0.15) is 0 Å². The average Bonchev–Trinajstić information content (AvgIpc) is 3.25. The quantitative estimate of drug-likeness (QED) is 0.403. The van der Waals surface area contributed by atoms with Crippen molar-refractivity contribution < 1.29 is 9.53 Å². The Kier molecular flexibility index (Phi) is 6.67. The van der Waals surface area contributed by atoms with Crippen LogP contribution < -0.4 is 0 Å². The molecule has 0 radical (unpaired) electrons. The highest BCUT2D eigenvalue weighted by Gasteiger charge is 2.20. The summed E-state index contributed by atoms with van der Waals surface area (Å²) in [6.45, 7) is 3.99. The van der Waals surface area contributed by atoms with E-state index in [4.69, 9.17) is 4.74 Å². The second-order valence-corrected chi connectivity index (χ2v) is 9.30. The van der Waals surface area contributed by atoms with Crippen LogP contribution in [0.25, 0.3) is 5.69 Å². The smallest absolute Gasteiger partial charge is 0.196 e. The standard InChI is InChI=1S/C25H28N4O2S/c30-23(21-11-10-19-6-4-5-7-20(19)16-21)18-32-25-27-26-24(17-28-12-14-31-15-13-28)29(25)22-8-2-1-3-9-22/h1-3,8-11,16H,4-7,12-15,17-18H2. The molecule has 1 fully saturated rings. The van der Waals surface area contributed by atoms with E-state index in [9.17, 15) is 4.79 Å². The van der Waals surface area contributed by atoms with Gasteiger partial charge in [0, 0.05) is 24.3 Å². The first-order valence-electron chi connectivity index (χ1n) is 11.4. The highest BCUT2D eigenvalue weighted by molar-refractivity contribution is 7.99. The van der Waals surface area contributed by atoms with Crippen LogP contribution in [-0.2, 0) is 24.1 Å². The third-order valence-electron chi connectivity index (χ3n) is 6.19. The molecule has 7 heteroatoms. The number of nitrogens with zero attached hydrogens (tertiary/aromatic N) is 4. The monoisotopic (exact) mass is 448 g/mol. The molecule has 1 aromatic heterocycles. The molecule has 166 valence electrons. The summed E-state index contributed by atoms with van der Waals surface area (Å²) < 4.78 is 7.56. The fourth-order valence-electron chi connectivity index (χ4n) is 4.41. The molecule has 0 saturated carbocycles. The molecular formula is C25H28N4O2S. The minimum absolute atomic E-state index is 0.140. The average molecular weight is 449 g/mol. The normalized spacial score (nSPS) is 16.6. The van der Waals surface area contributed by atoms with Crippen LogP contribution in [0.4, 0.5) is 0 Å². The van der Waals surface area contributed by atoms with Gasteiger partial charge >= 0.3 is 0 Å². The molecule has 0 amide bonds. The first-order chi connectivity index (χ1) is 15.8. The third kappa shape index (κ3) is 4.80. The number of benzene rings is 2. The Morgan fingerprint density at radius 3 is 2.56 bits per heavy atom. The van der Waals surface area contributed by atoms with Gasteiger partial charge in [-0.1, -0.05) is 42.1 Å². The van der Waals surface area contributed by atoms with Gasteiger partial charge in [-0.15, -0.1) is 10.2 Å². The predicted octanol–water partition coefficient (Wildman–Crippen LogP) is 3.95. The van der Waals surface area contributed by atoms with Gasteiger partial charge in [-0.25, -0.2) is 0 Å². The zero-order valence-electron chi connectivity index (χ0n) is 18.2. The maximum Gasteiger partial charge on any atom is 0.196 e. The summed E-state index contributed by atoms with van der Waals surface area (Å²) in [5.74, 6) is 1.38. The zero-order chi connectivity index (χ0) is 21.8. The van der Waals surface area contributed by atoms with Gasteiger partial charge in [0.25, 0.3) is 0 Å². The molecule has 0 N–H and O–H groups in total. The highest BCUT2D eigenvalue weighted by Crippen LogP contribution is 2.26. The van der Waals surface area contributed by atoms with Crippen LogP contribution >= 0.6 is 11.8 Å². The van der Waals surface area contributed by atoms with Crippen LogP contribution in [0, 0.1) is 0 Å². The number of carbonyl (C=O) groups is 1. The van der Waals surface area contributed by atoms with Crippen molar-refractivity contribution in [1.82, 2.24) is 19.7 Å². The number of aryl methyl sites for hydroxylation is 2. The molecule has 2 aliphatic rings. The second kappa shape index (κ2) is 9.98. The van der Waals surface area contributed by atoms with E-state index in [2.05, 4.69) is 43.9 Å². The lowest BCUT2D eigenvalue weighted by atomic mass is 9.90. The Hall–Kier alpha value is -2.48. The molecule has 1 aliphatic carbocycles. The van der Waals surface area contributed by atoms with Crippen LogP contribution in [0.5, 0.6) is 0 Å². The SMILES string of the molecule is O=C(CSc1nnc(CN2CCOCC2)n1-c1ccccc1)c1ccc2c(c1)CCCC2. The van der Waals surface area contributed by atoms with Crippen molar-refractivity contribution in [2.75, 3.05) is 32.1 Å². The fraction of sp³-hybridized carbons (Fsp3) is 0.400. The number of aromatic nitrogens is 3. The van der Waals surface area contributed by atoms with E-state index in [1.807, 2.05) is 24.3 Å². The largest absolute Gasteiger partial charge is 0.379 e. The summed E-state index contributed by atoms with van der Waals surface area (Å²) in [6.07, 6.45) is 4.67. The molecule has 1 saturated heterocycles. The van der Waals surface area contributed by atoms with E-state index in [0.717, 1.165) is 61.4 Å². The van der Waals surface area contributed by atoms with E-state index in [1.165, 1.54) is 35.7 Å². The highest BCUT2D eigenvalue weighted by atomic mass is 32.2. The molecule has 0 unspecified atom stereocenters. The maximum atomic E-state index is 13.0. The van der Waals surface area contributed by atoms with Crippen molar-refractivity contribution in [3.63, 3.8) is 0 Å². The molecule has 0 atom stereocenters. The molecule has 32 heavy (non-hydrogen) atoms. The van der Waals surface area contributed by atoms with Crippen molar-refractivity contribution in [3.05, 3.63) is 71.0 Å². The molecule has 6 nitrogen and oxygen atoms in total. The van der Waals surface area contributed by atoms with E-state index in [-0.39, 0.29) is 5.78 Å². The van der Waals surface area contributed by atoms with Crippen LogP contribution in [-0.4, -0.2) is 57.5 Å². The van der Waals surface area contributed by atoms with Crippen LogP contribution in [0.3, 0.4) is 0 Å². The lowest BCUT2D eigenvalue weighted by molar-refractivity contribution is 0.0328. The number of Topliss-reactive ketones (excluding diaryl/α,β-unsaturated/α-hetero) is 1. The number of thioether (sulfide) groups is 1. The van der Waals surface area contributed by atoms with Crippen molar-refractivity contribution >= 4 is 17.5 Å². The predicted molar refractivity (Wildman–Crippen MR) is 126 cm³/mol. The fourth-order valence-corrected chi connectivity index (χ4v) is 5.28. The van der Waals surface area contributed by atoms with Crippen molar-refractivity contribution in [3.8, 4) is 5.69 Å². The summed E-state index contributed by atoms with van der Waals surface area (Å²) in [6, 6.07) is 16.4. The second-order valence-electron chi connectivity index (χ2n) is 8.36. The number of rotatable bonds is 7. The van der Waals surface area contributed by atoms with Gasteiger partial charge in [-0.3, -0.25) is 14.3 Å². The Morgan fingerprint density at radius 2 is 1.75 bits per heavy atom. The van der Waals surface area contributed by atoms with Gasteiger partial charge in [-0.2, -0.15) is 0 Å². The Bertz CT molecular complexity index is 1080. The van der Waals surface area contributed by atoms with Crippen molar-refractivity contribution in [2.24, 2.45) is 0 Å². The van der Waals surface area contributed by atoms with Gasteiger partial charge in [0.15, 0.2) is 16.8 Å². The lowest BCUT2D eigenvalue weighted by Crippen LogP contribution is -2.36. The summed E-state index contributed by atoms with van der Waals surface area (Å²) in [5.41, 5.74) is 4.56. The van der Waals surface area contributed by atoms with E-state index in [1.54, 1.807) is 0 Å². The molecule has 0 bridgehead atoms. The molecule has 1 aliphatic heterocycles. The number of para-hydroxylation sites is 1. The first-order valence-corrected chi connectivity index (χ1v) is 12.3. The van der Waals surface area contributed by atoms with E-state index in [0.29, 0.717) is 12.3 Å². The number of fused-ring (bicyclic) bond motifs is 1. The van der Waals surface area contributed by atoms with Crippen LogP contribution in [0.2, 0.25) is 0 Å². The topological polar surface area (TPSA) is 60.3 Å². The van der Waals surface area contributed by atoms with Gasteiger partial charge in [0.05, 0.1) is 25.5 Å². The van der Waals surface area contributed by atoms with E-state index < -0.39 is 0 Å². The van der Waals surface area contributed by atoms with E-state index >= 15 is 0 Å². The zero-order valence-corrected chi connectivity index (χ0v) is 19.0. The Morgan fingerprint density at radius 1 is 0.969 bits per heavy atom. The molecule has 5 rings (SSSR count). The summed E-state index contributed by atoms with van der Waals surface area (Å²) in [4.78, 5) is 15.3.